The minimum absolute atomic E-state index is 0.128. The second kappa shape index (κ2) is 10.6. The maximum absolute atomic E-state index is 14.0. The summed E-state index contributed by atoms with van der Waals surface area (Å²) in [5.41, 5.74) is 4.82. The highest BCUT2D eigenvalue weighted by Crippen LogP contribution is 2.42. The molecular weight excluding hydrogens is 456 g/mol. The zero-order valence-corrected chi connectivity index (χ0v) is 22.5. The Bertz CT molecular complexity index is 1260. The first-order valence-electron chi connectivity index (χ1n) is 13.3. The van der Waals surface area contributed by atoms with Gasteiger partial charge in [-0.1, -0.05) is 80.1 Å². The Labute approximate surface area is 221 Å². The van der Waals surface area contributed by atoms with E-state index in [1.807, 2.05) is 18.2 Å². The van der Waals surface area contributed by atoms with Crippen LogP contribution < -0.4 is 4.90 Å². The van der Waals surface area contributed by atoms with E-state index in [0.29, 0.717) is 6.54 Å². The van der Waals surface area contributed by atoms with Gasteiger partial charge in [0.15, 0.2) is 5.78 Å². The number of piperazine rings is 1. The van der Waals surface area contributed by atoms with E-state index in [0.717, 1.165) is 55.4 Å². The van der Waals surface area contributed by atoms with E-state index in [-0.39, 0.29) is 11.8 Å². The van der Waals surface area contributed by atoms with E-state index < -0.39 is 5.41 Å². The molecule has 0 spiro atoms. The minimum Gasteiger partial charge on any atom is -0.354 e. The standard InChI is InChI=1S/C32H38N4O/c1-24-13-15-25(16-14-24)22-36-23-32(2,3)31(37)28(30(36)26-9-6-5-7-10-26)21-27-11-8-12-29(33-27)35-19-17-34(4)18-20-35/h5-16,21,30H,17-20,22-23H2,1-4H3/b28-21-. The maximum Gasteiger partial charge on any atom is 0.167 e. The fourth-order valence-electron chi connectivity index (χ4n) is 5.52. The van der Waals surface area contributed by atoms with Crippen molar-refractivity contribution in [2.24, 2.45) is 5.41 Å². The third-order valence-electron chi connectivity index (χ3n) is 7.64. The highest BCUT2D eigenvalue weighted by atomic mass is 16.1. The number of hydrogen-bond donors (Lipinski definition) is 0. The van der Waals surface area contributed by atoms with Crippen LogP contribution in [0.3, 0.4) is 0 Å². The molecule has 37 heavy (non-hydrogen) atoms. The Morgan fingerprint density at radius 2 is 1.62 bits per heavy atom. The Balaban J connectivity index is 1.55. The molecule has 0 saturated carbocycles. The van der Waals surface area contributed by atoms with Crippen molar-refractivity contribution >= 4 is 17.7 Å². The van der Waals surface area contributed by atoms with Gasteiger partial charge in [-0.2, -0.15) is 0 Å². The number of aryl methyl sites for hydroxylation is 1. The molecule has 2 aliphatic rings. The Kier molecular flexibility index (Phi) is 7.27. The number of carbonyl (C=O) groups excluding carboxylic acids is 1. The van der Waals surface area contributed by atoms with Crippen molar-refractivity contribution in [3.8, 4) is 0 Å². The number of aromatic nitrogens is 1. The summed E-state index contributed by atoms with van der Waals surface area (Å²) in [6.07, 6.45) is 2.04. The Morgan fingerprint density at radius 3 is 2.32 bits per heavy atom. The van der Waals surface area contributed by atoms with Crippen molar-refractivity contribution in [2.45, 2.75) is 33.4 Å². The molecule has 3 aromatic rings. The fraction of sp³-hybridized carbons (Fsp3) is 0.375. The van der Waals surface area contributed by atoms with Crippen LogP contribution in [0, 0.1) is 12.3 Å². The highest BCUT2D eigenvalue weighted by Gasteiger charge is 2.43. The van der Waals surface area contributed by atoms with E-state index in [4.69, 9.17) is 4.98 Å². The molecule has 3 heterocycles. The van der Waals surface area contributed by atoms with Gasteiger partial charge < -0.3 is 9.80 Å². The van der Waals surface area contributed by atoms with Crippen molar-refractivity contribution in [3.63, 3.8) is 0 Å². The van der Waals surface area contributed by atoms with Crippen LogP contribution in [0.5, 0.6) is 0 Å². The lowest BCUT2D eigenvalue weighted by Crippen LogP contribution is -2.49. The molecular formula is C32H38N4O. The summed E-state index contributed by atoms with van der Waals surface area (Å²) in [4.78, 5) is 26.1. The van der Waals surface area contributed by atoms with Gasteiger partial charge in [0.05, 0.1) is 11.7 Å². The number of nitrogens with zero attached hydrogens (tertiary/aromatic N) is 4. The van der Waals surface area contributed by atoms with Crippen molar-refractivity contribution in [2.75, 3.05) is 44.7 Å². The van der Waals surface area contributed by atoms with Gasteiger partial charge in [-0.3, -0.25) is 9.69 Å². The molecule has 0 bridgehead atoms. The lowest BCUT2D eigenvalue weighted by Gasteiger charge is -2.44. The summed E-state index contributed by atoms with van der Waals surface area (Å²) in [6, 6.07) is 25.2. The number of likely N-dealkylation sites (tertiary alicyclic amines) is 1. The van der Waals surface area contributed by atoms with Crippen LogP contribution in [-0.4, -0.2) is 60.3 Å². The van der Waals surface area contributed by atoms with Crippen LogP contribution in [0.2, 0.25) is 0 Å². The molecule has 5 heteroatoms. The lowest BCUT2D eigenvalue weighted by atomic mass is 9.74. The van der Waals surface area contributed by atoms with Gasteiger partial charge in [-0.05, 0) is 43.3 Å². The topological polar surface area (TPSA) is 39.7 Å². The van der Waals surface area contributed by atoms with E-state index >= 15 is 0 Å². The predicted molar refractivity (Wildman–Crippen MR) is 151 cm³/mol. The number of hydrogen-bond acceptors (Lipinski definition) is 5. The smallest absolute Gasteiger partial charge is 0.167 e. The minimum atomic E-state index is -0.489. The molecule has 0 N–H and O–H groups in total. The first-order chi connectivity index (χ1) is 17.8. The van der Waals surface area contributed by atoms with Crippen molar-refractivity contribution in [1.82, 2.24) is 14.8 Å². The summed E-state index contributed by atoms with van der Waals surface area (Å²) < 4.78 is 0. The molecule has 1 unspecified atom stereocenters. The molecule has 2 aliphatic heterocycles. The molecule has 2 fully saturated rings. The van der Waals surface area contributed by atoms with E-state index in [1.165, 1.54) is 11.1 Å². The van der Waals surface area contributed by atoms with E-state index in [1.54, 1.807) is 0 Å². The molecule has 1 atom stereocenters. The third-order valence-corrected chi connectivity index (χ3v) is 7.64. The molecule has 2 aromatic carbocycles. The third kappa shape index (κ3) is 5.68. The molecule has 1 aromatic heterocycles. The van der Waals surface area contributed by atoms with Gasteiger partial charge in [-0.25, -0.2) is 4.98 Å². The molecule has 0 amide bonds. The van der Waals surface area contributed by atoms with Crippen LogP contribution in [0.4, 0.5) is 5.82 Å². The SMILES string of the molecule is Cc1ccc(CN2CC(C)(C)C(=O)/C(=C\c3cccc(N4CCN(C)CC4)n3)C2c2ccccc2)cc1. The van der Waals surface area contributed by atoms with E-state index in [9.17, 15) is 4.79 Å². The highest BCUT2D eigenvalue weighted by molar-refractivity contribution is 6.05. The zero-order chi connectivity index (χ0) is 26.0. The molecule has 0 aliphatic carbocycles. The number of carbonyl (C=O) groups is 1. The van der Waals surface area contributed by atoms with Crippen LogP contribution >= 0.6 is 0 Å². The average Bonchev–Trinajstić information content (AvgIpc) is 2.89. The van der Waals surface area contributed by atoms with Crippen LogP contribution in [0.1, 0.15) is 42.3 Å². The number of anilines is 1. The second-order valence-electron chi connectivity index (χ2n) is 11.2. The van der Waals surface area contributed by atoms with Crippen LogP contribution in [0.25, 0.3) is 6.08 Å². The van der Waals surface area contributed by atoms with E-state index in [2.05, 4.69) is 103 Å². The number of benzene rings is 2. The van der Waals surface area contributed by atoms with Crippen molar-refractivity contribution in [3.05, 3.63) is 101 Å². The summed E-state index contributed by atoms with van der Waals surface area (Å²) >= 11 is 0. The largest absolute Gasteiger partial charge is 0.354 e. The maximum atomic E-state index is 14.0. The van der Waals surface area contributed by atoms with Crippen LogP contribution in [-0.2, 0) is 11.3 Å². The first-order valence-corrected chi connectivity index (χ1v) is 13.3. The summed E-state index contributed by atoms with van der Waals surface area (Å²) in [5, 5.41) is 0. The van der Waals surface area contributed by atoms with Crippen LogP contribution in [0.15, 0.2) is 78.4 Å². The molecule has 192 valence electrons. The number of likely N-dealkylation sites (N-methyl/N-ethyl adjacent to an activating group) is 1. The Morgan fingerprint density at radius 1 is 0.919 bits per heavy atom. The normalized spacial score (nSPS) is 21.9. The number of pyridine rings is 1. The monoisotopic (exact) mass is 494 g/mol. The first kappa shape index (κ1) is 25.4. The molecule has 2 saturated heterocycles. The van der Waals surface area contributed by atoms with Gasteiger partial charge in [0.25, 0.3) is 0 Å². The summed E-state index contributed by atoms with van der Waals surface area (Å²) in [5.74, 6) is 1.19. The lowest BCUT2D eigenvalue weighted by molar-refractivity contribution is -0.128. The number of piperidine rings is 1. The van der Waals surface area contributed by atoms with Crippen molar-refractivity contribution < 1.29 is 4.79 Å². The van der Waals surface area contributed by atoms with Gasteiger partial charge >= 0.3 is 0 Å². The van der Waals surface area contributed by atoms with Gasteiger partial charge in [0.2, 0.25) is 0 Å². The summed E-state index contributed by atoms with van der Waals surface area (Å²) in [7, 11) is 2.16. The number of ketones is 1. The predicted octanol–water partition coefficient (Wildman–Crippen LogP) is 5.38. The fourth-order valence-corrected chi connectivity index (χ4v) is 5.52. The quantitative estimate of drug-likeness (QED) is 0.446. The summed E-state index contributed by atoms with van der Waals surface area (Å²) in [6.45, 7) is 11.7. The molecule has 5 nitrogen and oxygen atoms in total. The van der Waals surface area contributed by atoms with Gasteiger partial charge in [-0.15, -0.1) is 0 Å². The zero-order valence-electron chi connectivity index (χ0n) is 22.5. The Hall–Kier alpha value is -3.28. The van der Waals surface area contributed by atoms with Crippen molar-refractivity contribution in [1.29, 1.82) is 0 Å². The second-order valence-corrected chi connectivity index (χ2v) is 11.2. The number of rotatable bonds is 5. The van der Waals surface area contributed by atoms with Gasteiger partial charge in [0.1, 0.15) is 5.82 Å². The average molecular weight is 495 g/mol. The number of Topliss-reactive ketones (excluding diaryl/α,β-unsaturated/α-hetero) is 1. The molecule has 0 radical (unpaired) electrons. The van der Waals surface area contributed by atoms with Gasteiger partial charge in [0, 0.05) is 50.3 Å². The molecule has 5 rings (SSSR count).